The topological polar surface area (TPSA) is 63.2 Å². The molecule has 2 aliphatic heterocycles. The van der Waals surface area contributed by atoms with Gasteiger partial charge in [-0.25, -0.2) is 9.37 Å². The van der Waals surface area contributed by atoms with E-state index in [-0.39, 0.29) is 24.4 Å². The first kappa shape index (κ1) is 17.4. The number of ether oxygens (including phenoxy) is 1. The number of amides is 1. The van der Waals surface area contributed by atoms with Gasteiger partial charge >= 0.3 is 0 Å². The predicted octanol–water partition coefficient (Wildman–Crippen LogP) is 3.18. The van der Waals surface area contributed by atoms with E-state index in [1.54, 1.807) is 12.1 Å². The average molecular weight is 375 g/mol. The second kappa shape index (κ2) is 7.32. The highest BCUT2D eigenvalue weighted by molar-refractivity contribution is 7.13. The Bertz CT molecular complexity index is 781. The molecule has 0 aliphatic carbocycles. The summed E-state index contributed by atoms with van der Waals surface area (Å²) in [5.41, 5.74) is 0.724. The van der Waals surface area contributed by atoms with Crippen molar-refractivity contribution < 1.29 is 13.9 Å². The van der Waals surface area contributed by atoms with Gasteiger partial charge in [-0.05, 0) is 56.9 Å². The molecule has 2 unspecified atom stereocenters. The summed E-state index contributed by atoms with van der Waals surface area (Å²) in [7, 11) is 0. The zero-order chi connectivity index (χ0) is 18.1. The third-order valence-corrected chi connectivity index (χ3v) is 6.16. The molecular formula is C19H22FN3O2S. The lowest BCUT2D eigenvalue weighted by atomic mass is 10.00. The molecule has 5 nitrogen and oxygen atoms in total. The molecule has 3 heterocycles. The van der Waals surface area contributed by atoms with Gasteiger partial charge in [0.15, 0.2) is 0 Å². The molecule has 138 valence electrons. The number of benzene rings is 1. The first-order valence-electron chi connectivity index (χ1n) is 8.98. The summed E-state index contributed by atoms with van der Waals surface area (Å²) in [5, 5.41) is 7.50. The van der Waals surface area contributed by atoms with Gasteiger partial charge in [-0.1, -0.05) is 0 Å². The monoisotopic (exact) mass is 375 g/mol. The predicted molar refractivity (Wildman–Crippen MR) is 98.0 cm³/mol. The first-order chi connectivity index (χ1) is 12.6. The molecule has 1 aromatic carbocycles. The molecule has 2 atom stereocenters. The lowest BCUT2D eigenvalue weighted by Crippen LogP contribution is -2.48. The summed E-state index contributed by atoms with van der Waals surface area (Å²) in [6.07, 6.45) is 4.42. The van der Waals surface area contributed by atoms with Crippen molar-refractivity contribution >= 4 is 17.2 Å². The Hall–Kier alpha value is -1.99. The van der Waals surface area contributed by atoms with Crippen LogP contribution in [0.15, 0.2) is 24.3 Å². The van der Waals surface area contributed by atoms with Crippen molar-refractivity contribution in [1.82, 2.24) is 15.6 Å². The molecule has 4 rings (SSSR count). The van der Waals surface area contributed by atoms with E-state index in [2.05, 4.69) is 15.6 Å². The van der Waals surface area contributed by atoms with Crippen molar-refractivity contribution in [1.29, 1.82) is 0 Å². The van der Waals surface area contributed by atoms with Crippen molar-refractivity contribution in [2.24, 2.45) is 0 Å². The number of carbonyl (C=O) groups is 1. The maximum absolute atomic E-state index is 12.9. The molecule has 2 fully saturated rings. The standard InChI is InChI=1S/C19H22FN3O2S/c1-11-18(19(24)23-15-8-13-4-5-14(9-15)22-13)26-17(21-11)10-25-16-6-2-12(20)3-7-16/h2-3,6-7,13-15,22H,4-5,8-10H2,1H3,(H,23,24). The number of hydrogen-bond acceptors (Lipinski definition) is 5. The maximum Gasteiger partial charge on any atom is 0.263 e. The molecule has 7 heteroatoms. The molecule has 1 amide bonds. The summed E-state index contributed by atoms with van der Waals surface area (Å²) < 4.78 is 18.5. The van der Waals surface area contributed by atoms with Crippen LogP contribution in [-0.4, -0.2) is 29.0 Å². The number of aromatic nitrogens is 1. The van der Waals surface area contributed by atoms with Gasteiger partial charge in [0, 0.05) is 18.1 Å². The number of carbonyl (C=O) groups excluding carboxylic acids is 1. The van der Waals surface area contributed by atoms with Crippen LogP contribution in [0, 0.1) is 12.7 Å². The second-order valence-electron chi connectivity index (χ2n) is 7.04. The zero-order valence-corrected chi connectivity index (χ0v) is 15.4. The van der Waals surface area contributed by atoms with Gasteiger partial charge in [0.2, 0.25) is 0 Å². The fourth-order valence-corrected chi connectivity index (χ4v) is 4.71. The Morgan fingerprint density at radius 2 is 2.00 bits per heavy atom. The van der Waals surface area contributed by atoms with Crippen molar-refractivity contribution in [3.8, 4) is 5.75 Å². The fraction of sp³-hybridized carbons (Fsp3) is 0.474. The van der Waals surface area contributed by atoms with E-state index in [4.69, 9.17) is 4.74 Å². The smallest absolute Gasteiger partial charge is 0.263 e. The number of piperidine rings is 1. The minimum atomic E-state index is -0.298. The molecule has 2 aromatic rings. The molecule has 0 spiro atoms. The van der Waals surface area contributed by atoms with Crippen molar-refractivity contribution in [3.63, 3.8) is 0 Å². The number of halogens is 1. The largest absolute Gasteiger partial charge is 0.486 e. The molecule has 1 aromatic heterocycles. The SMILES string of the molecule is Cc1nc(COc2ccc(F)cc2)sc1C(=O)NC1CC2CCC(C1)N2. The summed E-state index contributed by atoms with van der Waals surface area (Å²) in [6.45, 7) is 2.11. The third kappa shape index (κ3) is 3.88. The quantitative estimate of drug-likeness (QED) is 0.843. The number of nitrogens with one attached hydrogen (secondary N) is 2. The number of thiazole rings is 1. The van der Waals surface area contributed by atoms with Crippen molar-refractivity contribution in [3.05, 3.63) is 45.7 Å². The minimum Gasteiger partial charge on any atom is -0.486 e. The molecular weight excluding hydrogens is 353 g/mol. The number of fused-ring (bicyclic) bond motifs is 2. The molecule has 0 saturated carbocycles. The number of rotatable bonds is 5. The minimum absolute atomic E-state index is 0.0423. The second-order valence-corrected chi connectivity index (χ2v) is 8.13. The van der Waals surface area contributed by atoms with Gasteiger partial charge in [0.25, 0.3) is 5.91 Å². The van der Waals surface area contributed by atoms with E-state index >= 15 is 0 Å². The van der Waals surface area contributed by atoms with Crippen LogP contribution in [0.4, 0.5) is 4.39 Å². The van der Waals surface area contributed by atoms with Crippen LogP contribution < -0.4 is 15.4 Å². The van der Waals surface area contributed by atoms with E-state index in [1.807, 2.05) is 6.92 Å². The van der Waals surface area contributed by atoms with Gasteiger partial charge in [-0.3, -0.25) is 4.79 Å². The van der Waals surface area contributed by atoms with Crippen LogP contribution in [0.5, 0.6) is 5.75 Å². The van der Waals surface area contributed by atoms with Crippen LogP contribution in [-0.2, 0) is 6.61 Å². The third-order valence-electron chi connectivity index (χ3n) is 5.03. The molecule has 26 heavy (non-hydrogen) atoms. The van der Waals surface area contributed by atoms with Crippen LogP contribution in [0.1, 0.15) is 46.1 Å². The summed E-state index contributed by atoms with van der Waals surface area (Å²) >= 11 is 1.36. The van der Waals surface area contributed by atoms with Crippen LogP contribution in [0.3, 0.4) is 0 Å². The highest BCUT2D eigenvalue weighted by atomic mass is 32.1. The summed E-state index contributed by atoms with van der Waals surface area (Å²) in [5.74, 6) is 0.238. The molecule has 2 bridgehead atoms. The summed E-state index contributed by atoms with van der Waals surface area (Å²) in [4.78, 5) is 17.7. The van der Waals surface area contributed by atoms with Gasteiger partial charge in [0.1, 0.15) is 28.1 Å². The highest BCUT2D eigenvalue weighted by Crippen LogP contribution is 2.27. The van der Waals surface area contributed by atoms with Crippen molar-refractivity contribution in [2.75, 3.05) is 0 Å². The Morgan fingerprint density at radius 3 is 2.69 bits per heavy atom. The Morgan fingerprint density at radius 1 is 1.31 bits per heavy atom. The zero-order valence-electron chi connectivity index (χ0n) is 14.6. The first-order valence-corrected chi connectivity index (χ1v) is 9.80. The molecule has 2 aliphatic rings. The Balaban J connectivity index is 1.36. The normalized spacial score (nSPS) is 24.5. The average Bonchev–Trinajstić information content (AvgIpc) is 3.16. The summed E-state index contributed by atoms with van der Waals surface area (Å²) in [6, 6.07) is 7.19. The lowest BCUT2D eigenvalue weighted by Gasteiger charge is -2.29. The van der Waals surface area contributed by atoms with Gasteiger partial charge < -0.3 is 15.4 Å². The van der Waals surface area contributed by atoms with Gasteiger partial charge in [0.05, 0.1) is 5.69 Å². The van der Waals surface area contributed by atoms with Crippen molar-refractivity contribution in [2.45, 2.75) is 57.3 Å². The lowest BCUT2D eigenvalue weighted by molar-refractivity contribution is 0.0927. The number of hydrogen-bond donors (Lipinski definition) is 2. The van der Waals surface area contributed by atoms with Crippen LogP contribution >= 0.6 is 11.3 Å². The molecule has 2 saturated heterocycles. The molecule has 0 radical (unpaired) electrons. The van der Waals surface area contributed by atoms with E-state index in [9.17, 15) is 9.18 Å². The fourth-order valence-electron chi connectivity index (χ4n) is 3.83. The van der Waals surface area contributed by atoms with E-state index < -0.39 is 0 Å². The van der Waals surface area contributed by atoms with E-state index in [0.29, 0.717) is 22.7 Å². The van der Waals surface area contributed by atoms with Gasteiger partial charge in [-0.15, -0.1) is 11.3 Å². The Kier molecular flexibility index (Phi) is 4.91. The van der Waals surface area contributed by atoms with Crippen LogP contribution in [0.2, 0.25) is 0 Å². The van der Waals surface area contributed by atoms with Crippen LogP contribution in [0.25, 0.3) is 0 Å². The van der Waals surface area contributed by atoms with E-state index in [1.165, 1.54) is 36.3 Å². The molecule has 2 N–H and O–H groups in total. The number of aryl methyl sites for hydroxylation is 1. The maximum atomic E-state index is 12.9. The highest BCUT2D eigenvalue weighted by Gasteiger charge is 2.34. The van der Waals surface area contributed by atoms with E-state index in [0.717, 1.165) is 23.5 Å². The Labute approximate surface area is 156 Å². The van der Waals surface area contributed by atoms with Gasteiger partial charge in [-0.2, -0.15) is 0 Å². The number of nitrogens with zero attached hydrogens (tertiary/aromatic N) is 1.